The molecule has 2 heterocycles. The SMILES string of the molecule is COC(=O)[C@H](C)NC(=O)[C@@H](NC(=O)[C@@H](NC(=O)[C@@H]1CCCN1C(=O)CNC(=O)[C@@H]1CCCN1C(=O)[C@H](CCC(=O)O)NC(=O)[C@H](CC(C)C)NC(=O)[C@@H](N)Cc1ccccc1)C(C)C)[C@@H](C)O. The minimum Gasteiger partial charge on any atom is -0.481 e. The summed E-state index contributed by atoms with van der Waals surface area (Å²) in [6.07, 6.45) is -0.577. The van der Waals surface area contributed by atoms with Gasteiger partial charge in [-0.15, -0.1) is 0 Å². The number of nitrogens with two attached hydrogens (primary N) is 1. The molecule has 9 atom stereocenters. The average molecular weight is 944 g/mol. The number of esters is 1. The highest BCUT2D eigenvalue weighted by atomic mass is 16.5. The Balaban J connectivity index is 1.66. The standard InChI is InChI=1S/C45H69N9O13/c1-24(2)21-31(50-38(59)29(46)22-28-13-9-8-10-14-28)39(60)49-30(17-18-35(57)58)44(65)54-20-12-15-32(54)40(61)47-23-34(56)53-19-11-16-33(53)41(62)51-36(25(3)4)42(63)52-37(27(6)55)43(64)48-26(5)45(66)67-7/h8-10,13-14,24-27,29-33,36-37,55H,11-12,15-23,46H2,1-7H3,(H,47,61)(H,48,64)(H,49,60)(H,50,59)(H,51,62)(H,52,63)(H,57,58)/t26-,27+,29-,30-,31-,32-,33-,36-,37-/m0/s1. The molecule has 1 aromatic rings. The van der Waals surface area contributed by atoms with Gasteiger partial charge in [-0.1, -0.05) is 58.0 Å². The third-order valence-corrected chi connectivity index (χ3v) is 11.6. The van der Waals surface area contributed by atoms with Gasteiger partial charge in [-0.2, -0.15) is 0 Å². The molecule has 0 aliphatic carbocycles. The minimum atomic E-state index is -1.50. The van der Waals surface area contributed by atoms with Crippen LogP contribution in [0.2, 0.25) is 0 Å². The molecule has 0 unspecified atom stereocenters. The molecule has 0 bridgehead atoms. The fourth-order valence-electron chi connectivity index (χ4n) is 7.93. The number of hydrogen-bond donors (Lipinski definition) is 9. The number of rotatable bonds is 24. The molecule has 1 aromatic carbocycles. The Hall–Kier alpha value is -6.16. The predicted molar refractivity (Wildman–Crippen MR) is 241 cm³/mol. The first kappa shape index (κ1) is 55.2. The lowest BCUT2D eigenvalue weighted by atomic mass is 10.0. The molecule has 2 aliphatic rings. The molecule has 22 nitrogen and oxygen atoms in total. The van der Waals surface area contributed by atoms with E-state index >= 15 is 0 Å². The number of aliphatic hydroxyl groups excluding tert-OH is 1. The quantitative estimate of drug-likeness (QED) is 0.0518. The van der Waals surface area contributed by atoms with Crippen molar-refractivity contribution in [2.24, 2.45) is 17.6 Å². The van der Waals surface area contributed by atoms with Gasteiger partial charge in [0.2, 0.25) is 47.3 Å². The van der Waals surface area contributed by atoms with Crippen LogP contribution >= 0.6 is 0 Å². The number of ether oxygens (including phenoxy) is 1. The van der Waals surface area contributed by atoms with Crippen LogP contribution in [-0.4, -0.2) is 160 Å². The maximum absolute atomic E-state index is 14.1. The van der Waals surface area contributed by atoms with Gasteiger partial charge in [0.05, 0.1) is 25.8 Å². The molecule has 67 heavy (non-hydrogen) atoms. The maximum atomic E-state index is 14.1. The molecule has 372 valence electrons. The lowest BCUT2D eigenvalue weighted by Gasteiger charge is -2.31. The topological polar surface area (TPSA) is 325 Å². The highest BCUT2D eigenvalue weighted by Crippen LogP contribution is 2.22. The van der Waals surface area contributed by atoms with Crippen LogP contribution in [0.3, 0.4) is 0 Å². The normalized spacial score (nSPS) is 18.9. The summed E-state index contributed by atoms with van der Waals surface area (Å²) in [5, 5.41) is 35.1. The Morgan fingerprint density at radius 2 is 1.31 bits per heavy atom. The number of methoxy groups -OCH3 is 1. The van der Waals surface area contributed by atoms with Gasteiger partial charge < -0.3 is 62.4 Å². The number of amides is 8. The number of aliphatic hydroxyl groups is 1. The minimum absolute atomic E-state index is 0.0838. The largest absolute Gasteiger partial charge is 0.481 e. The molecule has 3 rings (SSSR count). The monoisotopic (exact) mass is 944 g/mol. The highest BCUT2D eigenvalue weighted by Gasteiger charge is 2.41. The number of carboxylic acids is 1. The number of likely N-dealkylation sites (tertiary alicyclic amines) is 2. The van der Waals surface area contributed by atoms with E-state index in [1.165, 1.54) is 23.6 Å². The summed E-state index contributed by atoms with van der Waals surface area (Å²) in [6, 6.07) is -0.311. The number of nitrogens with one attached hydrogen (secondary N) is 6. The molecule has 2 saturated heterocycles. The van der Waals surface area contributed by atoms with E-state index in [2.05, 4.69) is 36.6 Å². The van der Waals surface area contributed by atoms with E-state index < -0.39 is 133 Å². The molecule has 2 fully saturated rings. The third kappa shape index (κ3) is 16.6. The van der Waals surface area contributed by atoms with Crippen LogP contribution in [0.4, 0.5) is 0 Å². The van der Waals surface area contributed by atoms with Gasteiger partial charge in [0, 0.05) is 19.5 Å². The van der Waals surface area contributed by atoms with E-state index in [1.807, 2.05) is 44.2 Å². The summed E-state index contributed by atoms with van der Waals surface area (Å²) in [6.45, 7) is 9.28. The first-order valence-corrected chi connectivity index (χ1v) is 22.7. The summed E-state index contributed by atoms with van der Waals surface area (Å²) >= 11 is 0. The maximum Gasteiger partial charge on any atom is 0.328 e. The first-order chi connectivity index (χ1) is 31.5. The number of carbonyl (C=O) groups excluding carboxylic acids is 9. The van der Waals surface area contributed by atoms with Gasteiger partial charge in [0.15, 0.2) is 0 Å². The van der Waals surface area contributed by atoms with Crippen LogP contribution in [0.25, 0.3) is 0 Å². The molecular formula is C45H69N9O13. The van der Waals surface area contributed by atoms with E-state index in [1.54, 1.807) is 13.8 Å². The molecule has 0 radical (unpaired) electrons. The highest BCUT2D eigenvalue weighted by molar-refractivity contribution is 5.98. The van der Waals surface area contributed by atoms with Crippen molar-refractivity contribution in [1.82, 2.24) is 41.7 Å². The summed E-state index contributed by atoms with van der Waals surface area (Å²) in [4.78, 5) is 134. The Bertz CT molecular complexity index is 1930. The zero-order chi connectivity index (χ0) is 50.1. The zero-order valence-corrected chi connectivity index (χ0v) is 39.4. The van der Waals surface area contributed by atoms with E-state index in [-0.39, 0.29) is 51.1 Å². The summed E-state index contributed by atoms with van der Waals surface area (Å²) in [7, 11) is 1.13. The molecule has 0 aromatic heterocycles. The molecule has 0 saturated carbocycles. The van der Waals surface area contributed by atoms with Crippen molar-refractivity contribution in [3.8, 4) is 0 Å². The van der Waals surface area contributed by atoms with Crippen LogP contribution in [-0.2, 0) is 59.1 Å². The van der Waals surface area contributed by atoms with Crippen molar-refractivity contribution in [3.63, 3.8) is 0 Å². The summed E-state index contributed by atoms with van der Waals surface area (Å²) < 4.78 is 4.60. The lowest BCUT2D eigenvalue weighted by molar-refractivity contribution is -0.145. The molecule has 2 aliphatic heterocycles. The zero-order valence-electron chi connectivity index (χ0n) is 39.4. The van der Waals surface area contributed by atoms with Gasteiger partial charge in [-0.3, -0.25) is 43.2 Å². The number of nitrogens with zero attached hydrogens (tertiary/aromatic N) is 2. The molecule has 0 spiro atoms. The molecule has 8 amide bonds. The van der Waals surface area contributed by atoms with Crippen molar-refractivity contribution in [1.29, 1.82) is 0 Å². The van der Waals surface area contributed by atoms with Gasteiger partial charge in [-0.05, 0) is 76.2 Å². The van der Waals surface area contributed by atoms with Crippen molar-refractivity contribution in [2.75, 3.05) is 26.7 Å². The third-order valence-electron chi connectivity index (χ3n) is 11.6. The van der Waals surface area contributed by atoms with Crippen molar-refractivity contribution in [3.05, 3.63) is 35.9 Å². The van der Waals surface area contributed by atoms with Crippen LogP contribution in [0.15, 0.2) is 30.3 Å². The van der Waals surface area contributed by atoms with E-state index in [0.717, 1.165) is 12.7 Å². The van der Waals surface area contributed by atoms with E-state index in [4.69, 9.17) is 5.73 Å². The summed E-state index contributed by atoms with van der Waals surface area (Å²) in [5.74, 6) is -8.27. The number of benzene rings is 1. The first-order valence-electron chi connectivity index (χ1n) is 22.7. The smallest absolute Gasteiger partial charge is 0.328 e. The molecule has 10 N–H and O–H groups in total. The van der Waals surface area contributed by atoms with Gasteiger partial charge in [-0.25, -0.2) is 4.79 Å². The second-order valence-corrected chi connectivity index (χ2v) is 17.8. The number of carbonyl (C=O) groups is 10. The van der Waals surface area contributed by atoms with Gasteiger partial charge in [0.25, 0.3) is 0 Å². The van der Waals surface area contributed by atoms with Crippen LogP contribution in [0.5, 0.6) is 0 Å². The van der Waals surface area contributed by atoms with Crippen LogP contribution < -0.4 is 37.6 Å². The lowest BCUT2D eigenvalue weighted by Crippen LogP contribution is -2.61. The van der Waals surface area contributed by atoms with Crippen LogP contribution in [0, 0.1) is 11.8 Å². The second-order valence-electron chi connectivity index (χ2n) is 17.8. The van der Waals surface area contributed by atoms with Gasteiger partial charge in [0.1, 0.15) is 42.3 Å². The van der Waals surface area contributed by atoms with Crippen LogP contribution in [0.1, 0.15) is 92.1 Å². The fraction of sp³-hybridized carbons (Fsp3) is 0.644. The summed E-state index contributed by atoms with van der Waals surface area (Å²) in [5.41, 5.74) is 6.99. The number of aliphatic carboxylic acids is 1. The molecular weight excluding hydrogens is 875 g/mol. The number of carboxylic acid groups (broad SMARTS) is 1. The van der Waals surface area contributed by atoms with Crippen molar-refractivity contribution < 1.29 is 62.9 Å². The molecule has 22 heteroatoms. The van der Waals surface area contributed by atoms with Crippen molar-refractivity contribution in [2.45, 2.75) is 147 Å². The Labute approximate surface area is 390 Å². The predicted octanol–water partition coefficient (Wildman–Crippen LogP) is -1.78. The second kappa shape index (κ2) is 26.2. The Kier molecular flexibility index (Phi) is 21.6. The Morgan fingerprint density at radius 1 is 0.731 bits per heavy atom. The average Bonchev–Trinajstić information content (AvgIpc) is 3.98. The van der Waals surface area contributed by atoms with Gasteiger partial charge >= 0.3 is 11.9 Å². The Morgan fingerprint density at radius 3 is 1.88 bits per heavy atom. The van der Waals surface area contributed by atoms with E-state index in [9.17, 15) is 58.2 Å². The van der Waals surface area contributed by atoms with E-state index in [0.29, 0.717) is 12.8 Å². The van der Waals surface area contributed by atoms with Crippen molar-refractivity contribution >= 4 is 59.2 Å². The fourth-order valence-corrected chi connectivity index (χ4v) is 7.93. The number of hydrogen-bond acceptors (Lipinski definition) is 13.